The molecule has 0 aliphatic rings. The fraction of sp³-hybridized carbons (Fsp3) is 0.136. The van der Waals surface area contributed by atoms with E-state index in [0.29, 0.717) is 16.5 Å². The van der Waals surface area contributed by atoms with Crippen LogP contribution in [0, 0.1) is 6.92 Å². The average molecular weight is 479 g/mol. The molecule has 0 aliphatic heterocycles. The largest absolute Gasteiger partial charge is 0.481 e. The van der Waals surface area contributed by atoms with Crippen molar-refractivity contribution in [3.63, 3.8) is 0 Å². The smallest absolute Gasteiger partial charge is 0.265 e. The van der Waals surface area contributed by atoms with Crippen LogP contribution in [0.3, 0.4) is 0 Å². The number of halogens is 2. The maximum atomic E-state index is 12.6. The minimum Gasteiger partial charge on any atom is -0.481 e. The Morgan fingerprint density at radius 2 is 1.61 bits per heavy atom. The molecule has 3 aromatic rings. The quantitative estimate of drug-likeness (QED) is 0.468. The van der Waals surface area contributed by atoms with E-state index in [1.54, 1.807) is 19.1 Å². The Kier molecular flexibility index (Phi) is 7.10. The van der Waals surface area contributed by atoms with Gasteiger partial charge in [0.2, 0.25) is 0 Å². The van der Waals surface area contributed by atoms with Crippen molar-refractivity contribution in [1.29, 1.82) is 0 Å². The number of benzene rings is 3. The monoisotopic (exact) mass is 478 g/mol. The number of ether oxygens (including phenoxy) is 1. The van der Waals surface area contributed by atoms with Gasteiger partial charge in [0.1, 0.15) is 5.75 Å². The van der Waals surface area contributed by atoms with Crippen LogP contribution in [0.15, 0.2) is 71.6 Å². The first-order valence-electron chi connectivity index (χ1n) is 9.26. The van der Waals surface area contributed by atoms with E-state index in [1.165, 1.54) is 42.5 Å². The van der Waals surface area contributed by atoms with Gasteiger partial charge in [0.05, 0.1) is 15.6 Å². The Hall–Kier alpha value is -2.74. The van der Waals surface area contributed by atoms with Gasteiger partial charge in [-0.3, -0.25) is 9.52 Å². The molecular formula is C22H20Cl2N2O4S. The summed E-state index contributed by atoms with van der Waals surface area (Å²) in [4.78, 5) is 12.4. The topological polar surface area (TPSA) is 84.5 Å². The summed E-state index contributed by atoms with van der Waals surface area (Å²) in [7, 11) is -3.87. The lowest BCUT2D eigenvalue weighted by Crippen LogP contribution is -2.30. The van der Waals surface area contributed by atoms with Crippen molar-refractivity contribution in [3.8, 4) is 5.75 Å². The van der Waals surface area contributed by atoms with Gasteiger partial charge in [-0.05, 0) is 68.4 Å². The zero-order valence-corrected chi connectivity index (χ0v) is 19.1. The second-order valence-electron chi connectivity index (χ2n) is 6.82. The van der Waals surface area contributed by atoms with Crippen LogP contribution in [0.2, 0.25) is 10.0 Å². The van der Waals surface area contributed by atoms with Gasteiger partial charge < -0.3 is 10.1 Å². The van der Waals surface area contributed by atoms with Crippen molar-refractivity contribution in [1.82, 2.24) is 0 Å². The molecule has 0 aliphatic carbocycles. The van der Waals surface area contributed by atoms with E-state index in [-0.39, 0.29) is 21.5 Å². The first-order chi connectivity index (χ1) is 14.6. The normalized spacial score (nSPS) is 12.1. The number of hydrogen-bond donors (Lipinski definition) is 2. The lowest BCUT2D eigenvalue weighted by molar-refractivity contribution is -0.122. The summed E-state index contributed by atoms with van der Waals surface area (Å²) in [6.45, 7) is 3.59. The first kappa shape index (κ1) is 22.9. The summed E-state index contributed by atoms with van der Waals surface area (Å²) < 4.78 is 33.2. The highest BCUT2D eigenvalue weighted by atomic mass is 35.5. The van der Waals surface area contributed by atoms with Crippen LogP contribution >= 0.6 is 23.2 Å². The third kappa shape index (κ3) is 6.13. The molecule has 0 spiro atoms. The van der Waals surface area contributed by atoms with Gasteiger partial charge in [-0.2, -0.15) is 0 Å². The first-order valence-corrected chi connectivity index (χ1v) is 11.5. The van der Waals surface area contributed by atoms with E-state index < -0.39 is 16.1 Å². The summed E-state index contributed by atoms with van der Waals surface area (Å²) in [5.74, 6) is 0.226. The molecular weight excluding hydrogens is 459 g/mol. The third-order valence-corrected chi connectivity index (χ3v) is 6.24. The highest BCUT2D eigenvalue weighted by Crippen LogP contribution is 2.28. The number of carbonyl (C=O) groups excluding carboxylic acids is 1. The maximum Gasteiger partial charge on any atom is 0.265 e. The molecule has 0 unspecified atom stereocenters. The number of carbonyl (C=O) groups is 1. The second kappa shape index (κ2) is 9.60. The molecule has 3 rings (SSSR count). The van der Waals surface area contributed by atoms with Gasteiger partial charge in [-0.15, -0.1) is 0 Å². The Labute approximate surface area is 191 Å². The lowest BCUT2D eigenvalue weighted by Gasteiger charge is -2.15. The number of hydrogen-bond acceptors (Lipinski definition) is 4. The highest BCUT2D eigenvalue weighted by Gasteiger charge is 2.18. The Balaban J connectivity index is 1.64. The zero-order chi connectivity index (χ0) is 22.6. The summed E-state index contributed by atoms with van der Waals surface area (Å²) in [6.07, 6.45) is -0.736. The van der Waals surface area contributed by atoms with E-state index >= 15 is 0 Å². The fourth-order valence-corrected chi connectivity index (χ4v) is 4.20. The van der Waals surface area contributed by atoms with Gasteiger partial charge in [-0.25, -0.2) is 8.42 Å². The summed E-state index contributed by atoms with van der Waals surface area (Å²) >= 11 is 11.9. The lowest BCUT2D eigenvalue weighted by atomic mass is 10.2. The summed E-state index contributed by atoms with van der Waals surface area (Å²) in [5.41, 5.74) is 1.74. The predicted molar refractivity (Wildman–Crippen MR) is 124 cm³/mol. The van der Waals surface area contributed by atoms with Crippen LogP contribution in [-0.4, -0.2) is 20.4 Å². The van der Waals surface area contributed by atoms with Crippen molar-refractivity contribution in [2.45, 2.75) is 24.8 Å². The Bertz CT molecular complexity index is 1180. The number of amides is 1. The van der Waals surface area contributed by atoms with E-state index in [9.17, 15) is 13.2 Å². The maximum absolute atomic E-state index is 12.6. The molecule has 0 saturated carbocycles. The van der Waals surface area contributed by atoms with Gasteiger partial charge in [0.25, 0.3) is 15.9 Å². The Morgan fingerprint density at radius 1 is 0.968 bits per heavy atom. The van der Waals surface area contributed by atoms with E-state index in [1.807, 2.05) is 19.1 Å². The van der Waals surface area contributed by atoms with Gasteiger partial charge in [0.15, 0.2) is 6.10 Å². The molecule has 0 radical (unpaired) electrons. The van der Waals surface area contributed by atoms with Crippen molar-refractivity contribution >= 4 is 50.5 Å². The minimum atomic E-state index is -3.87. The molecule has 9 heteroatoms. The summed E-state index contributed by atoms with van der Waals surface area (Å²) in [6, 6.07) is 17.6. The fourth-order valence-electron chi connectivity index (χ4n) is 2.61. The van der Waals surface area contributed by atoms with Gasteiger partial charge >= 0.3 is 0 Å². The van der Waals surface area contributed by atoms with E-state index in [4.69, 9.17) is 27.9 Å². The van der Waals surface area contributed by atoms with Crippen molar-refractivity contribution in [2.75, 3.05) is 10.0 Å². The van der Waals surface area contributed by atoms with Crippen molar-refractivity contribution < 1.29 is 17.9 Å². The molecule has 0 aromatic heterocycles. The van der Waals surface area contributed by atoms with Gasteiger partial charge in [-0.1, -0.05) is 40.9 Å². The van der Waals surface area contributed by atoms with Crippen molar-refractivity contribution in [3.05, 3.63) is 82.3 Å². The molecule has 3 aromatic carbocycles. The molecule has 0 saturated heterocycles. The molecule has 1 amide bonds. The number of rotatable bonds is 7. The molecule has 6 nitrogen and oxygen atoms in total. The Morgan fingerprint density at radius 3 is 2.23 bits per heavy atom. The molecule has 0 heterocycles. The summed E-state index contributed by atoms with van der Waals surface area (Å²) in [5, 5.41) is 3.28. The molecule has 162 valence electrons. The zero-order valence-electron chi connectivity index (χ0n) is 16.7. The molecule has 1 atom stereocenters. The standard InChI is InChI=1S/C22H20Cl2N2O4S/c1-14-3-8-18(9-4-14)30-15(2)22(27)25-17-6-10-19(11-7-17)31(28,29)26-21-12-5-16(23)13-20(21)24/h3-13,15,26H,1-2H3,(H,25,27)/t15-/m1/s1. The highest BCUT2D eigenvalue weighted by molar-refractivity contribution is 7.92. The third-order valence-electron chi connectivity index (χ3n) is 4.31. The van der Waals surface area contributed by atoms with Crippen molar-refractivity contribution in [2.24, 2.45) is 0 Å². The predicted octanol–water partition coefficient (Wildman–Crippen LogP) is 5.51. The molecule has 0 fully saturated rings. The SMILES string of the molecule is Cc1ccc(O[C@H](C)C(=O)Nc2ccc(S(=O)(=O)Nc3ccc(Cl)cc3Cl)cc2)cc1. The minimum absolute atomic E-state index is 0.0143. The average Bonchev–Trinajstić information content (AvgIpc) is 2.72. The number of aryl methyl sites for hydroxylation is 1. The van der Waals surface area contributed by atoms with Crippen LogP contribution in [-0.2, 0) is 14.8 Å². The van der Waals surface area contributed by atoms with E-state index in [0.717, 1.165) is 5.56 Å². The molecule has 31 heavy (non-hydrogen) atoms. The van der Waals surface area contributed by atoms with Crippen LogP contribution in [0.5, 0.6) is 5.75 Å². The molecule has 2 N–H and O–H groups in total. The van der Waals surface area contributed by atoms with Crippen LogP contribution in [0.25, 0.3) is 0 Å². The number of anilines is 2. The van der Waals surface area contributed by atoms with Crippen LogP contribution < -0.4 is 14.8 Å². The van der Waals surface area contributed by atoms with Crippen LogP contribution in [0.1, 0.15) is 12.5 Å². The van der Waals surface area contributed by atoms with Crippen LogP contribution in [0.4, 0.5) is 11.4 Å². The second-order valence-corrected chi connectivity index (χ2v) is 9.34. The molecule has 0 bridgehead atoms. The number of sulfonamides is 1. The van der Waals surface area contributed by atoms with E-state index in [2.05, 4.69) is 10.0 Å². The van der Waals surface area contributed by atoms with Gasteiger partial charge in [0, 0.05) is 10.7 Å². The number of nitrogens with one attached hydrogen (secondary N) is 2.